The van der Waals surface area contributed by atoms with E-state index >= 15 is 0 Å². The van der Waals surface area contributed by atoms with Gasteiger partial charge in [0.15, 0.2) is 0 Å². The molecule has 3 heterocycles. The predicted molar refractivity (Wildman–Crippen MR) is 182 cm³/mol. The molecular weight excluding hydrogens is 696 g/mol. The second-order valence-corrected chi connectivity index (χ2v) is 13.0. The van der Waals surface area contributed by atoms with Crippen molar-refractivity contribution in [3.63, 3.8) is 0 Å². The lowest BCUT2D eigenvalue weighted by Crippen LogP contribution is -2.57. The van der Waals surface area contributed by atoms with Gasteiger partial charge in [-0.1, -0.05) is 47.5 Å². The molecule has 2 saturated heterocycles. The highest BCUT2D eigenvalue weighted by Gasteiger charge is 2.45. The number of benzene rings is 3. The van der Waals surface area contributed by atoms with Gasteiger partial charge in [-0.3, -0.25) is 24.4 Å². The summed E-state index contributed by atoms with van der Waals surface area (Å²) >= 11 is 12.5. The maximum Gasteiger partial charge on any atom is 0.416 e. The normalized spacial score (nSPS) is 20.1. The number of nitrogens with zero attached hydrogens (tertiary/aromatic N) is 5. The summed E-state index contributed by atoms with van der Waals surface area (Å²) < 4.78 is 47.2. The highest BCUT2D eigenvalue weighted by molar-refractivity contribution is 6.30. The van der Waals surface area contributed by atoms with Crippen LogP contribution in [0.25, 0.3) is 0 Å². The molecule has 3 aromatic rings. The van der Waals surface area contributed by atoms with Gasteiger partial charge in [-0.05, 0) is 60.5 Å². The SMILES string of the molecule is CCOc1cc(C(F)(F)F)ccc1C1=NC(c2ccc(Cl)cc2)C(c2ccc(Cl)cc2)N1C(=O)N1CCN(CC(=O)N2CCNC(=O)C2)CC1. The number of ether oxygens (including phenoxy) is 1. The van der Waals surface area contributed by atoms with E-state index in [4.69, 9.17) is 32.9 Å². The molecule has 0 saturated carbocycles. The van der Waals surface area contributed by atoms with Gasteiger partial charge in [0.2, 0.25) is 11.8 Å². The second kappa shape index (κ2) is 14.9. The zero-order valence-electron chi connectivity index (χ0n) is 27.1. The summed E-state index contributed by atoms with van der Waals surface area (Å²) in [5.41, 5.74) is 0.793. The van der Waals surface area contributed by atoms with Gasteiger partial charge in [-0.2, -0.15) is 13.2 Å². The van der Waals surface area contributed by atoms with Crippen LogP contribution in [0.2, 0.25) is 10.0 Å². The number of halogens is 5. The first kappa shape index (κ1) is 35.5. The Bertz CT molecular complexity index is 1770. The molecule has 2 atom stereocenters. The fourth-order valence-electron chi connectivity index (χ4n) is 6.41. The van der Waals surface area contributed by atoms with Crippen molar-refractivity contribution in [2.45, 2.75) is 25.2 Å². The molecule has 50 heavy (non-hydrogen) atoms. The molecule has 0 aromatic heterocycles. The third-order valence-corrected chi connectivity index (χ3v) is 9.44. The molecule has 0 spiro atoms. The Hall–Kier alpha value is -4.33. The second-order valence-electron chi connectivity index (χ2n) is 12.2. The Morgan fingerprint density at radius 3 is 2.14 bits per heavy atom. The van der Waals surface area contributed by atoms with Gasteiger partial charge in [0, 0.05) is 49.3 Å². The summed E-state index contributed by atoms with van der Waals surface area (Å²) in [7, 11) is 0. The Kier molecular flexibility index (Phi) is 10.6. The number of nitrogens with one attached hydrogen (secondary N) is 1. The highest BCUT2D eigenvalue weighted by atomic mass is 35.5. The molecule has 4 amide bonds. The monoisotopic (exact) mass is 730 g/mol. The molecule has 6 rings (SSSR count). The van der Waals surface area contributed by atoms with Crippen LogP contribution in [-0.4, -0.2) is 102 Å². The maximum absolute atomic E-state index is 14.7. The summed E-state index contributed by atoms with van der Waals surface area (Å²) in [6.45, 7) is 4.07. The smallest absolute Gasteiger partial charge is 0.416 e. The molecule has 1 N–H and O–H groups in total. The number of urea groups is 1. The van der Waals surface area contributed by atoms with Gasteiger partial charge >= 0.3 is 12.2 Å². The zero-order chi connectivity index (χ0) is 35.6. The Morgan fingerprint density at radius 1 is 0.900 bits per heavy atom. The first-order chi connectivity index (χ1) is 23.9. The fourth-order valence-corrected chi connectivity index (χ4v) is 6.66. The lowest BCUT2D eigenvalue weighted by molar-refractivity contribution is -0.139. The number of rotatable bonds is 7. The molecular formula is C35H35Cl2F3N6O4. The average molecular weight is 732 g/mol. The fraction of sp³-hybridized carbons (Fsp3) is 0.371. The number of aliphatic imine (C=N–C) groups is 1. The number of carbonyl (C=O) groups excluding carboxylic acids is 3. The minimum Gasteiger partial charge on any atom is -0.493 e. The minimum atomic E-state index is -4.61. The van der Waals surface area contributed by atoms with E-state index in [1.807, 2.05) is 17.0 Å². The number of carbonyl (C=O) groups is 3. The van der Waals surface area contributed by atoms with Crippen LogP contribution in [0.5, 0.6) is 5.75 Å². The first-order valence-electron chi connectivity index (χ1n) is 16.2. The lowest BCUT2D eigenvalue weighted by Gasteiger charge is -2.39. The zero-order valence-corrected chi connectivity index (χ0v) is 28.6. The van der Waals surface area contributed by atoms with Gasteiger partial charge in [-0.15, -0.1) is 0 Å². The number of alkyl halides is 3. The predicted octanol–water partition coefficient (Wildman–Crippen LogP) is 5.65. The van der Waals surface area contributed by atoms with Crippen LogP contribution in [0.4, 0.5) is 18.0 Å². The molecule has 2 unspecified atom stereocenters. The van der Waals surface area contributed by atoms with Gasteiger partial charge in [-0.25, -0.2) is 4.79 Å². The van der Waals surface area contributed by atoms with Gasteiger partial charge in [0.1, 0.15) is 17.6 Å². The molecule has 3 aromatic carbocycles. The largest absolute Gasteiger partial charge is 0.493 e. The third kappa shape index (κ3) is 7.69. The molecule has 3 aliphatic heterocycles. The molecule has 3 aliphatic rings. The molecule has 0 radical (unpaired) electrons. The maximum atomic E-state index is 14.7. The standard InChI is InChI=1S/C35H35Cl2F3N6O4/c1-2-50-28-19-24(35(38,39)40)7-12-27(28)33-42-31(22-3-8-25(36)9-4-22)32(23-5-10-26(37)11-6-23)46(33)34(49)44-17-15-43(16-18-44)21-30(48)45-14-13-41-29(47)20-45/h3-12,19,31-32H,2,13-18,20-21H2,1H3,(H,41,47). The number of amidine groups is 1. The summed E-state index contributed by atoms with van der Waals surface area (Å²) in [4.78, 5) is 51.1. The molecule has 0 bridgehead atoms. The van der Waals surface area contributed by atoms with E-state index in [2.05, 4.69) is 5.32 Å². The van der Waals surface area contributed by atoms with E-state index in [1.54, 1.807) is 48.2 Å². The van der Waals surface area contributed by atoms with Crippen molar-refractivity contribution >= 4 is 46.9 Å². The van der Waals surface area contributed by atoms with Gasteiger partial charge in [0.25, 0.3) is 0 Å². The van der Waals surface area contributed by atoms with Crippen molar-refractivity contribution in [1.82, 2.24) is 24.9 Å². The highest BCUT2D eigenvalue weighted by Crippen LogP contribution is 2.46. The van der Waals surface area contributed by atoms with Crippen LogP contribution in [0.1, 0.15) is 41.3 Å². The quantitative estimate of drug-likeness (QED) is 0.339. The number of hydrogen-bond acceptors (Lipinski definition) is 6. The molecule has 0 aliphatic carbocycles. The van der Waals surface area contributed by atoms with E-state index < -0.39 is 29.9 Å². The van der Waals surface area contributed by atoms with Crippen LogP contribution < -0.4 is 10.1 Å². The van der Waals surface area contributed by atoms with E-state index in [0.29, 0.717) is 41.8 Å². The number of piperazine rings is 2. The molecule has 264 valence electrons. The van der Waals surface area contributed by atoms with E-state index in [1.165, 1.54) is 15.9 Å². The van der Waals surface area contributed by atoms with Crippen LogP contribution in [-0.2, 0) is 15.8 Å². The van der Waals surface area contributed by atoms with Crippen molar-refractivity contribution in [1.29, 1.82) is 0 Å². The number of hydrogen-bond donors (Lipinski definition) is 1. The summed E-state index contributed by atoms with van der Waals surface area (Å²) in [6.07, 6.45) is -4.61. The Morgan fingerprint density at radius 2 is 1.54 bits per heavy atom. The Labute approximate surface area is 297 Å². The van der Waals surface area contributed by atoms with Crippen molar-refractivity contribution in [2.24, 2.45) is 4.99 Å². The Balaban J connectivity index is 1.35. The molecule has 2 fully saturated rings. The number of amides is 4. The lowest BCUT2D eigenvalue weighted by atomic mass is 9.93. The van der Waals surface area contributed by atoms with Crippen molar-refractivity contribution in [3.05, 3.63) is 99.0 Å². The third-order valence-electron chi connectivity index (χ3n) is 8.94. The van der Waals surface area contributed by atoms with Crippen molar-refractivity contribution < 1.29 is 32.3 Å². The topological polar surface area (TPSA) is 97.8 Å². The average Bonchev–Trinajstić information content (AvgIpc) is 3.49. The molecule has 10 nitrogen and oxygen atoms in total. The van der Waals surface area contributed by atoms with Crippen LogP contribution in [0.3, 0.4) is 0 Å². The van der Waals surface area contributed by atoms with Crippen LogP contribution >= 0.6 is 23.2 Å². The summed E-state index contributed by atoms with van der Waals surface area (Å²) in [5, 5.41) is 3.71. The first-order valence-corrected chi connectivity index (χ1v) is 17.0. The van der Waals surface area contributed by atoms with E-state index in [-0.39, 0.29) is 61.7 Å². The minimum absolute atomic E-state index is 0.0168. The summed E-state index contributed by atoms with van der Waals surface area (Å²) in [5.74, 6) is -0.253. The van der Waals surface area contributed by atoms with Crippen molar-refractivity contribution in [2.75, 3.05) is 59.0 Å². The van der Waals surface area contributed by atoms with Gasteiger partial charge < -0.3 is 19.9 Å². The van der Waals surface area contributed by atoms with E-state index in [0.717, 1.165) is 17.7 Å². The summed E-state index contributed by atoms with van der Waals surface area (Å²) in [6, 6.07) is 15.5. The van der Waals surface area contributed by atoms with Gasteiger partial charge in [0.05, 0.1) is 36.9 Å². The van der Waals surface area contributed by atoms with Crippen LogP contribution in [0.15, 0.2) is 71.7 Å². The molecule has 15 heteroatoms. The van der Waals surface area contributed by atoms with Crippen LogP contribution in [0, 0.1) is 0 Å². The van der Waals surface area contributed by atoms with E-state index in [9.17, 15) is 27.6 Å². The van der Waals surface area contributed by atoms with Crippen molar-refractivity contribution in [3.8, 4) is 5.75 Å².